The van der Waals surface area contributed by atoms with Crippen LogP contribution in [0.1, 0.15) is 19.3 Å². The van der Waals surface area contributed by atoms with Gasteiger partial charge in [-0.25, -0.2) is 8.42 Å². The minimum absolute atomic E-state index is 0.0649. The molecule has 0 spiro atoms. The van der Waals surface area contributed by atoms with Crippen LogP contribution in [0, 0.1) is 0 Å². The van der Waals surface area contributed by atoms with Gasteiger partial charge in [0.15, 0.2) is 11.5 Å². The zero-order chi connectivity index (χ0) is 15.6. The second-order valence-electron chi connectivity index (χ2n) is 5.27. The topological polar surface area (TPSA) is 93.7 Å². The van der Waals surface area contributed by atoms with Crippen molar-refractivity contribution in [3.63, 3.8) is 0 Å². The van der Waals surface area contributed by atoms with Gasteiger partial charge in [0.25, 0.3) is 0 Å². The van der Waals surface area contributed by atoms with Crippen LogP contribution in [-0.2, 0) is 14.8 Å². The molecule has 0 radical (unpaired) electrons. The summed E-state index contributed by atoms with van der Waals surface area (Å²) in [6.07, 6.45) is 1.99. The largest absolute Gasteiger partial charge is 0.490 e. The zero-order valence-electron chi connectivity index (χ0n) is 12.0. The molecule has 1 fully saturated rings. The smallest absolute Gasteiger partial charge is 0.241 e. The summed E-state index contributed by atoms with van der Waals surface area (Å²) in [5.41, 5.74) is 0. The summed E-state index contributed by atoms with van der Waals surface area (Å²) in [6, 6.07) is 3.74. The lowest BCUT2D eigenvalue weighted by Gasteiger charge is -2.22. The number of rotatable bonds is 3. The predicted molar refractivity (Wildman–Crippen MR) is 78.4 cm³/mol. The molecule has 3 rings (SSSR count). The van der Waals surface area contributed by atoms with Crippen molar-refractivity contribution in [3.05, 3.63) is 18.2 Å². The molecule has 0 bridgehead atoms. The van der Waals surface area contributed by atoms with Gasteiger partial charge in [0.1, 0.15) is 6.04 Å². The summed E-state index contributed by atoms with van der Waals surface area (Å²) in [6.45, 7) is 1.61. The maximum Gasteiger partial charge on any atom is 0.241 e. The summed E-state index contributed by atoms with van der Waals surface area (Å²) in [4.78, 5) is 11.8. The summed E-state index contributed by atoms with van der Waals surface area (Å²) >= 11 is 0. The first-order valence-electron chi connectivity index (χ1n) is 7.26. The van der Waals surface area contributed by atoms with Crippen molar-refractivity contribution in [2.75, 3.05) is 19.8 Å². The van der Waals surface area contributed by atoms with Crippen LogP contribution in [0.2, 0.25) is 0 Å². The lowest BCUT2D eigenvalue weighted by molar-refractivity contribution is -0.124. The first-order valence-corrected chi connectivity index (χ1v) is 8.74. The number of nitrogens with one attached hydrogen (secondary N) is 2. The molecule has 8 heteroatoms. The van der Waals surface area contributed by atoms with Crippen LogP contribution in [0.4, 0.5) is 0 Å². The Hall–Kier alpha value is -1.80. The minimum Gasteiger partial charge on any atom is -0.490 e. The van der Waals surface area contributed by atoms with Gasteiger partial charge in [0, 0.05) is 19.0 Å². The average Bonchev–Trinajstić information content (AvgIpc) is 2.74. The molecule has 1 aromatic carbocycles. The van der Waals surface area contributed by atoms with Crippen molar-refractivity contribution in [1.29, 1.82) is 0 Å². The Kier molecular flexibility index (Phi) is 4.21. The molecule has 1 unspecified atom stereocenters. The van der Waals surface area contributed by atoms with Gasteiger partial charge < -0.3 is 14.8 Å². The fraction of sp³-hybridized carbons (Fsp3) is 0.500. The summed E-state index contributed by atoms with van der Waals surface area (Å²) in [5.74, 6) is 0.657. The van der Waals surface area contributed by atoms with E-state index in [1.54, 1.807) is 6.07 Å². The summed E-state index contributed by atoms with van der Waals surface area (Å²) < 4.78 is 38.3. The molecule has 22 heavy (non-hydrogen) atoms. The van der Waals surface area contributed by atoms with Crippen molar-refractivity contribution >= 4 is 15.9 Å². The molecule has 7 nitrogen and oxygen atoms in total. The fourth-order valence-corrected chi connectivity index (χ4v) is 3.70. The number of fused-ring (bicyclic) bond motifs is 1. The van der Waals surface area contributed by atoms with Crippen LogP contribution in [-0.4, -0.2) is 40.1 Å². The maximum absolute atomic E-state index is 12.4. The first kappa shape index (κ1) is 15.1. The van der Waals surface area contributed by atoms with E-state index in [1.165, 1.54) is 12.1 Å². The van der Waals surface area contributed by atoms with Gasteiger partial charge in [-0.3, -0.25) is 4.79 Å². The summed E-state index contributed by atoms with van der Waals surface area (Å²) in [5, 5.41) is 2.65. The lowest BCUT2D eigenvalue weighted by atomic mass is 10.1. The number of sulfonamides is 1. The SMILES string of the molecule is O=C1NCCCC1NS(=O)(=O)c1ccc2c(c1)OCCCO2. The van der Waals surface area contributed by atoms with Crippen LogP contribution < -0.4 is 19.5 Å². The Morgan fingerprint density at radius 1 is 1.14 bits per heavy atom. The van der Waals surface area contributed by atoms with Gasteiger partial charge in [-0.2, -0.15) is 4.72 Å². The number of hydrogen-bond donors (Lipinski definition) is 2. The Balaban J connectivity index is 1.82. The van der Waals surface area contributed by atoms with Crippen LogP contribution >= 0.6 is 0 Å². The van der Waals surface area contributed by atoms with Gasteiger partial charge in [0.05, 0.1) is 18.1 Å². The van der Waals surface area contributed by atoms with Gasteiger partial charge in [0.2, 0.25) is 15.9 Å². The molecule has 2 aliphatic rings. The van der Waals surface area contributed by atoms with Gasteiger partial charge in [-0.1, -0.05) is 0 Å². The molecule has 2 aliphatic heterocycles. The second-order valence-corrected chi connectivity index (χ2v) is 6.98. The highest BCUT2D eigenvalue weighted by molar-refractivity contribution is 7.89. The number of ether oxygens (including phenoxy) is 2. The first-order chi connectivity index (χ1) is 10.6. The molecule has 0 aliphatic carbocycles. The molecule has 120 valence electrons. The Bertz CT molecular complexity index is 674. The van der Waals surface area contributed by atoms with Crippen LogP contribution in [0.3, 0.4) is 0 Å². The van der Waals surface area contributed by atoms with Crippen molar-refractivity contribution in [2.24, 2.45) is 0 Å². The molecule has 2 heterocycles. The number of hydrogen-bond acceptors (Lipinski definition) is 5. The van der Waals surface area contributed by atoms with Gasteiger partial charge >= 0.3 is 0 Å². The molecule has 1 amide bonds. The van der Waals surface area contributed by atoms with Crippen molar-refractivity contribution in [2.45, 2.75) is 30.2 Å². The number of amides is 1. The third-order valence-electron chi connectivity index (χ3n) is 3.61. The number of carbonyl (C=O) groups excluding carboxylic acids is 1. The standard InChI is InChI=1S/C14H18N2O5S/c17-14-11(3-1-6-15-14)16-22(18,19)10-4-5-12-13(9-10)21-8-2-7-20-12/h4-5,9,11,16H,1-3,6-8H2,(H,15,17). The van der Waals surface area contributed by atoms with E-state index >= 15 is 0 Å². The van der Waals surface area contributed by atoms with E-state index in [4.69, 9.17) is 9.47 Å². The normalized spacial score (nSPS) is 21.8. The monoisotopic (exact) mass is 326 g/mol. The Labute approximate surface area is 129 Å². The van der Waals surface area contributed by atoms with E-state index in [1.807, 2.05) is 0 Å². The van der Waals surface area contributed by atoms with E-state index in [9.17, 15) is 13.2 Å². The number of carbonyl (C=O) groups is 1. The third kappa shape index (κ3) is 3.17. The minimum atomic E-state index is -3.78. The van der Waals surface area contributed by atoms with Crippen molar-refractivity contribution < 1.29 is 22.7 Å². The maximum atomic E-state index is 12.4. The average molecular weight is 326 g/mol. The molecule has 1 atom stereocenters. The van der Waals surface area contributed by atoms with Gasteiger partial charge in [-0.15, -0.1) is 0 Å². The molecule has 2 N–H and O–H groups in total. The highest BCUT2D eigenvalue weighted by Gasteiger charge is 2.28. The van der Waals surface area contributed by atoms with E-state index in [0.717, 1.165) is 12.8 Å². The Morgan fingerprint density at radius 3 is 2.68 bits per heavy atom. The highest BCUT2D eigenvalue weighted by atomic mass is 32.2. The Morgan fingerprint density at radius 2 is 1.91 bits per heavy atom. The molecular formula is C14H18N2O5S. The van der Waals surface area contributed by atoms with E-state index in [0.29, 0.717) is 37.7 Å². The fourth-order valence-electron chi connectivity index (χ4n) is 2.45. The van der Waals surface area contributed by atoms with E-state index in [2.05, 4.69) is 10.0 Å². The molecular weight excluding hydrogens is 308 g/mol. The van der Waals surface area contributed by atoms with Crippen LogP contribution in [0.15, 0.2) is 23.1 Å². The third-order valence-corrected chi connectivity index (χ3v) is 5.08. The zero-order valence-corrected chi connectivity index (χ0v) is 12.8. The van der Waals surface area contributed by atoms with Crippen LogP contribution in [0.25, 0.3) is 0 Å². The lowest BCUT2D eigenvalue weighted by Crippen LogP contribution is -2.50. The number of benzene rings is 1. The highest BCUT2D eigenvalue weighted by Crippen LogP contribution is 2.32. The molecule has 1 saturated heterocycles. The molecule has 1 aromatic rings. The molecule has 0 saturated carbocycles. The predicted octanol–water partition coefficient (Wildman–Crippen LogP) is 0.405. The van der Waals surface area contributed by atoms with Crippen molar-refractivity contribution in [3.8, 4) is 11.5 Å². The second kappa shape index (κ2) is 6.13. The van der Waals surface area contributed by atoms with Crippen molar-refractivity contribution in [1.82, 2.24) is 10.0 Å². The van der Waals surface area contributed by atoms with Gasteiger partial charge in [-0.05, 0) is 25.0 Å². The van der Waals surface area contributed by atoms with E-state index in [-0.39, 0.29) is 10.8 Å². The molecule has 0 aromatic heterocycles. The van der Waals surface area contributed by atoms with E-state index < -0.39 is 16.1 Å². The quantitative estimate of drug-likeness (QED) is 0.839. The number of piperidine rings is 1. The van der Waals surface area contributed by atoms with Crippen LogP contribution in [0.5, 0.6) is 11.5 Å². The summed E-state index contributed by atoms with van der Waals surface area (Å²) in [7, 11) is -3.78.